The molecule has 0 amide bonds. The van der Waals surface area contributed by atoms with Crippen molar-refractivity contribution in [3.8, 4) is 0 Å². The van der Waals surface area contributed by atoms with Crippen LogP contribution in [0.4, 0.5) is 0 Å². The van der Waals surface area contributed by atoms with Crippen LogP contribution in [0.2, 0.25) is 3.43 Å². The third-order valence-electron chi connectivity index (χ3n) is 4.02. The van der Waals surface area contributed by atoms with Gasteiger partial charge in [0.05, 0.1) is 0 Å². The van der Waals surface area contributed by atoms with E-state index in [-0.39, 0.29) is 0 Å². The molecule has 0 saturated heterocycles. The van der Waals surface area contributed by atoms with Crippen LogP contribution in [0.1, 0.15) is 84.3 Å². The third-order valence-corrected chi connectivity index (χ3v) is 11.1. The van der Waals surface area contributed by atoms with Crippen molar-refractivity contribution >= 4 is 35.5 Å². The molecular weight excluding hydrogens is 369 g/mol. The molecule has 3 heteroatoms. The first-order valence-electron chi connectivity index (χ1n) is 8.36. The van der Waals surface area contributed by atoms with Crippen molar-refractivity contribution < 1.29 is 0 Å². The van der Waals surface area contributed by atoms with Gasteiger partial charge in [0.1, 0.15) is 0 Å². The topological polar surface area (TPSA) is 12.9 Å². The second-order valence-corrected chi connectivity index (χ2v) is 13.0. The van der Waals surface area contributed by atoms with Crippen molar-refractivity contribution in [2.45, 2.75) is 88.9 Å². The molecule has 1 aromatic rings. The zero-order valence-electron chi connectivity index (χ0n) is 13.8. The molecule has 20 heavy (non-hydrogen) atoms. The van der Waals surface area contributed by atoms with Gasteiger partial charge >= 0.3 is 140 Å². The molecule has 0 fully saturated rings. The number of aromatic nitrogens is 1. The van der Waals surface area contributed by atoms with Crippen LogP contribution in [0.3, 0.4) is 0 Å². The minimum absolute atomic E-state index is 0.562. The van der Waals surface area contributed by atoms with Crippen LogP contribution in [0.25, 0.3) is 0 Å². The average Bonchev–Trinajstić information content (AvgIpc) is 2.85. The van der Waals surface area contributed by atoms with Crippen molar-refractivity contribution in [1.29, 1.82) is 0 Å². The third kappa shape index (κ3) is 6.46. The summed E-state index contributed by atoms with van der Waals surface area (Å²) < 4.78 is 2.23. The summed E-state index contributed by atoms with van der Waals surface area (Å²) in [5, 5.41) is 2.25. The quantitative estimate of drug-likeness (QED) is 0.447. The van der Waals surface area contributed by atoms with E-state index >= 15 is 0 Å². The predicted octanol–water partition coefficient (Wildman–Crippen LogP) is 5.51. The van der Waals surface area contributed by atoms with Crippen molar-refractivity contribution in [3.05, 3.63) is 11.1 Å². The Hall–Kier alpha value is 0.429. The summed E-state index contributed by atoms with van der Waals surface area (Å²) >= 11 is 1.38. The number of rotatable bonds is 11. The molecule has 0 aliphatic carbocycles. The predicted molar refractivity (Wildman–Crippen MR) is 93.5 cm³/mol. The van der Waals surface area contributed by atoms with E-state index in [2.05, 4.69) is 33.1 Å². The monoisotopic (exact) mass is 401 g/mol. The molecule has 114 valence electrons. The molecule has 0 saturated carbocycles. The number of thiazole rings is 1. The zero-order valence-corrected chi connectivity index (χ0v) is 17.5. The number of hydrogen-bond donors (Lipinski definition) is 0. The Bertz CT molecular complexity index is 340. The van der Waals surface area contributed by atoms with E-state index in [1.54, 1.807) is 0 Å². The molecule has 0 aliphatic rings. The fourth-order valence-corrected chi connectivity index (χ4v) is 10.3. The number of hydrogen-bond acceptors (Lipinski definition) is 2. The van der Waals surface area contributed by atoms with Gasteiger partial charge < -0.3 is 0 Å². The van der Waals surface area contributed by atoms with Gasteiger partial charge in [-0.25, -0.2) is 0 Å². The fourth-order valence-electron chi connectivity index (χ4n) is 2.75. The molecular formula is C17H31NSSn. The maximum absolute atomic E-state index is 4.81. The molecule has 0 aliphatic heterocycles. The number of unbranched alkanes of at least 4 members (excludes halogenated alkanes) is 3. The summed E-state index contributed by atoms with van der Waals surface area (Å²) in [4.78, 5) is 4.81. The van der Waals surface area contributed by atoms with Crippen molar-refractivity contribution in [2.75, 3.05) is 0 Å². The van der Waals surface area contributed by atoms with Gasteiger partial charge in [-0.3, -0.25) is 0 Å². The molecule has 1 rings (SSSR count). The van der Waals surface area contributed by atoms with E-state index in [4.69, 9.17) is 4.98 Å². The first kappa shape index (κ1) is 18.5. The summed E-state index contributed by atoms with van der Waals surface area (Å²) in [6, 6.07) is 0. The van der Waals surface area contributed by atoms with Gasteiger partial charge in [0.2, 0.25) is 0 Å². The van der Waals surface area contributed by atoms with Gasteiger partial charge in [-0.1, -0.05) is 0 Å². The molecule has 0 N–H and O–H groups in total. The van der Waals surface area contributed by atoms with Crippen molar-refractivity contribution in [2.24, 2.45) is 0 Å². The molecule has 0 spiro atoms. The maximum atomic E-state index is 4.81. The van der Waals surface area contributed by atoms with Gasteiger partial charge in [0.15, 0.2) is 0 Å². The zero-order chi connectivity index (χ0) is 14.8. The van der Waals surface area contributed by atoms with Crippen LogP contribution in [0.5, 0.6) is 0 Å². The Kier molecular flexibility index (Phi) is 9.43. The Morgan fingerprint density at radius 1 is 1.00 bits per heavy atom. The summed E-state index contributed by atoms with van der Waals surface area (Å²) in [5.41, 5.74) is 1.24. The summed E-state index contributed by atoms with van der Waals surface area (Å²) in [6.07, 6.45) is 12.7. The number of nitrogens with zero attached hydrogens (tertiary/aromatic N) is 1. The van der Waals surface area contributed by atoms with Crippen LogP contribution in [-0.2, 0) is 0 Å². The molecule has 0 atom stereocenters. The Morgan fingerprint density at radius 2 is 1.50 bits per heavy atom. The van der Waals surface area contributed by atoms with Crippen LogP contribution in [0.15, 0.2) is 5.38 Å². The van der Waals surface area contributed by atoms with E-state index < -0.39 is 21.1 Å². The molecule has 1 heterocycles. The normalized spacial score (nSPS) is 12.0. The van der Waals surface area contributed by atoms with Gasteiger partial charge in [-0.15, -0.1) is 0 Å². The molecule has 0 unspecified atom stereocenters. The van der Waals surface area contributed by atoms with E-state index in [0.717, 1.165) is 0 Å². The van der Waals surface area contributed by atoms with Crippen LogP contribution >= 0.6 is 11.3 Å². The Labute approximate surface area is 140 Å². The fraction of sp³-hybridized carbons (Fsp3) is 0.824. The Morgan fingerprint density at radius 3 is 1.85 bits per heavy atom. The standard InChI is InChI=1S/C13H27.C4H4NS.Sn/c1-4-7-10-13(11-8-5-2)12-9-6-3;1-4-2-6-3-5-4;/h4-12H2,1-3H3;2H,1H3;. The van der Waals surface area contributed by atoms with E-state index in [1.165, 1.54) is 66.5 Å². The van der Waals surface area contributed by atoms with Crippen LogP contribution in [-0.4, -0.2) is 26.1 Å². The summed E-state index contributed by atoms with van der Waals surface area (Å²) in [7, 11) is 0. The second-order valence-electron chi connectivity index (χ2n) is 6.01. The van der Waals surface area contributed by atoms with Crippen molar-refractivity contribution in [3.63, 3.8) is 0 Å². The van der Waals surface area contributed by atoms with Gasteiger partial charge in [0, 0.05) is 0 Å². The van der Waals surface area contributed by atoms with Crippen LogP contribution in [0, 0.1) is 6.92 Å². The van der Waals surface area contributed by atoms with Gasteiger partial charge in [-0.2, -0.15) is 0 Å². The molecule has 1 nitrogen and oxygen atoms in total. The Balaban J connectivity index is 2.80. The SMILES string of the molecule is CCCC[C](CCCC)(CCCC)[Sn][c]1nc(C)cs1. The van der Waals surface area contributed by atoms with Crippen molar-refractivity contribution in [1.82, 2.24) is 4.98 Å². The first-order chi connectivity index (χ1) is 9.65. The summed E-state index contributed by atoms with van der Waals surface area (Å²) in [5.74, 6) is 0. The summed E-state index contributed by atoms with van der Waals surface area (Å²) in [6.45, 7) is 9.15. The average molecular weight is 400 g/mol. The van der Waals surface area contributed by atoms with Gasteiger partial charge in [0.25, 0.3) is 0 Å². The number of aryl methyl sites for hydroxylation is 1. The van der Waals surface area contributed by atoms with Crippen LogP contribution < -0.4 is 3.02 Å². The van der Waals surface area contributed by atoms with E-state index in [0.29, 0.717) is 3.43 Å². The van der Waals surface area contributed by atoms with E-state index in [9.17, 15) is 0 Å². The molecule has 1 aromatic heterocycles. The molecule has 0 aromatic carbocycles. The first-order valence-corrected chi connectivity index (χ1v) is 12.1. The van der Waals surface area contributed by atoms with E-state index in [1.807, 2.05) is 11.3 Å². The second kappa shape index (κ2) is 10.2. The molecule has 0 bridgehead atoms. The minimum atomic E-state index is -0.562. The molecule has 2 radical (unpaired) electrons. The van der Waals surface area contributed by atoms with Gasteiger partial charge in [-0.05, 0) is 0 Å².